The monoisotopic (exact) mass is 291 g/mol. The fourth-order valence-electron chi connectivity index (χ4n) is 1.62. The van der Waals surface area contributed by atoms with Gasteiger partial charge in [-0.25, -0.2) is 4.39 Å². The number of anilines is 1. The maximum Gasteiger partial charge on any atom is 0.278 e. The predicted octanol–water partition coefficient (Wildman–Crippen LogP) is 3.74. The number of pyridine rings is 1. The highest BCUT2D eigenvalue weighted by atomic mass is 19.1. The summed E-state index contributed by atoms with van der Waals surface area (Å²) in [5.41, 5.74) is -0.124. The van der Waals surface area contributed by atoms with E-state index in [-0.39, 0.29) is 17.4 Å². The summed E-state index contributed by atoms with van der Waals surface area (Å²) in [5.74, 6) is 0.406. The molecular formula is C14H14FN3O3. The van der Waals surface area contributed by atoms with Crippen LogP contribution < -0.4 is 10.1 Å². The largest absolute Gasteiger partial charge is 0.439 e. The Bertz CT molecular complexity index is 632. The third-order valence-corrected chi connectivity index (χ3v) is 2.59. The number of nitro groups is 1. The summed E-state index contributed by atoms with van der Waals surface area (Å²) in [6.45, 7) is 2.62. The second kappa shape index (κ2) is 6.65. The van der Waals surface area contributed by atoms with Gasteiger partial charge in [0, 0.05) is 6.54 Å². The van der Waals surface area contributed by atoms with E-state index in [1.165, 1.54) is 36.4 Å². The smallest absolute Gasteiger partial charge is 0.278 e. The molecule has 0 aliphatic heterocycles. The molecule has 0 unspecified atom stereocenters. The molecule has 0 atom stereocenters. The molecule has 0 bridgehead atoms. The number of rotatable bonds is 6. The first kappa shape index (κ1) is 14.7. The highest BCUT2D eigenvalue weighted by Gasteiger charge is 2.12. The van der Waals surface area contributed by atoms with Crippen LogP contribution in [0.4, 0.5) is 15.9 Å². The van der Waals surface area contributed by atoms with Gasteiger partial charge in [-0.2, -0.15) is 4.98 Å². The Hall–Kier alpha value is -2.70. The van der Waals surface area contributed by atoms with Crippen LogP contribution in [0.2, 0.25) is 0 Å². The fraction of sp³-hybridized carbons (Fsp3) is 0.214. The standard InChI is InChI=1S/C14H14FN3O3/c1-2-7-16-13-8-11(18(19)20)9-14(17-13)21-12-5-3-10(15)4-6-12/h3-6,8-9H,2,7H2,1H3,(H,16,17). The maximum atomic E-state index is 12.8. The van der Waals surface area contributed by atoms with Crippen LogP contribution in [-0.4, -0.2) is 16.5 Å². The van der Waals surface area contributed by atoms with Crippen molar-refractivity contribution >= 4 is 11.5 Å². The molecule has 0 aliphatic rings. The molecule has 0 saturated carbocycles. The van der Waals surface area contributed by atoms with Gasteiger partial charge >= 0.3 is 0 Å². The number of nitrogens with one attached hydrogen (secondary N) is 1. The zero-order chi connectivity index (χ0) is 15.2. The van der Waals surface area contributed by atoms with Gasteiger partial charge in [-0.3, -0.25) is 10.1 Å². The van der Waals surface area contributed by atoms with Crippen molar-refractivity contribution in [3.63, 3.8) is 0 Å². The first-order chi connectivity index (χ1) is 10.1. The van der Waals surface area contributed by atoms with E-state index in [1.807, 2.05) is 6.92 Å². The van der Waals surface area contributed by atoms with Crippen molar-refractivity contribution in [3.8, 4) is 11.6 Å². The SMILES string of the molecule is CCCNc1cc([N+](=O)[O-])cc(Oc2ccc(F)cc2)n1. The third-order valence-electron chi connectivity index (χ3n) is 2.59. The van der Waals surface area contributed by atoms with Crippen molar-refractivity contribution < 1.29 is 14.1 Å². The highest BCUT2D eigenvalue weighted by Crippen LogP contribution is 2.26. The van der Waals surface area contributed by atoms with Crippen LogP contribution in [0.15, 0.2) is 36.4 Å². The zero-order valence-electron chi connectivity index (χ0n) is 11.4. The van der Waals surface area contributed by atoms with E-state index in [9.17, 15) is 14.5 Å². The third kappa shape index (κ3) is 4.13. The van der Waals surface area contributed by atoms with Crippen LogP contribution >= 0.6 is 0 Å². The van der Waals surface area contributed by atoms with Gasteiger partial charge in [0.25, 0.3) is 5.69 Å². The lowest BCUT2D eigenvalue weighted by Gasteiger charge is -2.08. The Morgan fingerprint density at radius 1 is 1.33 bits per heavy atom. The van der Waals surface area contributed by atoms with Crippen LogP contribution in [0.5, 0.6) is 11.6 Å². The van der Waals surface area contributed by atoms with Gasteiger partial charge in [0.15, 0.2) is 0 Å². The van der Waals surface area contributed by atoms with Crippen LogP contribution in [0.3, 0.4) is 0 Å². The summed E-state index contributed by atoms with van der Waals surface area (Å²) in [7, 11) is 0. The Morgan fingerprint density at radius 3 is 2.67 bits per heavy atom. The average Bonchev–Trinajstić information content (AvgIpc) is 2.47. The molecule has 21 heavy (non-hydrogen) atoms. The minimum absolute atomic E-state index is 0.0782. The molecule has 0 aliphatic carbocycles. The zero-order valence-corrected chi connectivity index (χ0v) is 11.4. The van der Waals surface area contributed by atoms with E-state index in [2.05, 4.69) is 10.3 Å². The normalized spacial score (nSPS) is 10.2. The first-order valence-electron chi connectivity index (χ1n) is 6.42. The lowest BCUT2D eigenvalue weighted by atomic mass is 10.3. The lowest BCUT2D eigenvalue weighted by Crippen LogP contribution is -2.03. The van der Waals surface area contributed by atoms with Crippen molar-refractivity contribution in [3.05, 3.63) is 52.3 Å². The molecule has 6 nitrogen and oxygen atoms in total. The predicted molar refractivity (Wildman–Crippen MR) is 76.1 cm³/mol. The topological polar surface area (TPSA) is 77.3 Å². The molecule has 2 rings (SSSR count). The van der Waals surface area contributed by atoms with Gasteiger partial charge in [-0.1, -0.05) is 6.92 Å². The van der Waals surface area contributed by atoms with Crippen molar-refractivity contribution in [1.29, 1.82) is 0 Å². The summed E-state index contributed by atoms with van der Waals surface area (Å²) in [5, 5.41) is 13.9. The molecule has 0 saturated heterocycles. The number of halogens is 1. The van der Waals surface area contributed by atoms with Crippen molar-refractivity contribution in [2.24, 2.45) is 0 Å². The van der Waals surface area contributed by atoms with E-state index < -0.39 is 4.92 Å². The molecule has 0 amide bonds. The summed E-state index contributed by atoms with van der Waals surface area (Å²) >= 11 is 0. The summed E-state index contributed by atoms with van der Waals surface area (Å²) < 4.78 is 18.3. The number of hydrogen-bond acceptors (Lipinski definition) is 5. The van der Waals surface area contributed by atoms with Crippen LogP contribution in [0, 0.1) is 15.9 Å². The van der Waals surface area contributed by atoms with Crippen molar-refractivity contribution in [2.45, 2.75) is 13.3 Å². The van der Waals surface area contributed by atoms with Gasteiger partial charge in [0.2, 0.25) is 5.88 Å². The summed E-state index contributed by atoms with van der Waals surface area (Å²) in [6, 6.07) is 7.89. The molecule has 2 aromatic rings. The van der Waals surface area contributed by atoms with E-state index in [4.69, 9.17) is 4.74 Å². The van der Waals surface area contributed by atoms with E-state index in [0.29, 0.717) is 18.1 Å². The first-order valence-corrected chi connectivity index (χ1v) is 6.42. The number of ether oxygens (including phenoxy) is 1. The van der Waals surface area contributed by atoms with Crippen molar-refractivity contribution in [2.75, 3.05) is 11.9 Å². The van der Waals surface area contributed by atoms with E-state index in [0.717, 1.165) is 6.42 Å². The molecule has 1 N–H and O–H groups in total. The lowest BCUT2D eigenvalue weighted by molar-refractivity contribution is -0.384. The van der Waals surface area contributed by atoms with Crippen LogP contribution in [0.1, 0.15) is 13.3 Å². The Labute approximate surface area is 120 Å². The molecule has 0 fully saturated rings. The van der Waals surface area contributed by atoms with Crippen molar-refractivity contribution in [1.82, 2.24) is 4.98 Å². The van der Waals surface area contributed by atoms with E-state index >= 15 is 0 Å². The minimum atomic E-state index is -0.518. The highest BCUT2D eigenvalue weighted by molar-refractivity contribution is 5.49. The Morgan fingerprint density at radius 2 is 2.05 bits per heavy atom. The fourth-order valence-corrected chi connectivity index (χ4v) is 1.62. The second-order valence-electron chi connectivity index (χ2n) is 4.29. The minimum Gasteiger partial charge on any atom is -0.439 e. The second-order valence-corrected chi connectivity index (χ2v) is 4.29. The molecule has 0 spiro atoms. The number of hydrogen-bond donors (Lipinski definition) is 1. The summed E-state index contributed by atoms with van der Waals surface area (Å²) in [6.07, 6.45) is 0.860. The molecule has 7 heteroatoms. The molecule has 0 radical (unpaired) electrons. The van der Waals surface area contributed by atoms with Gasteiger partial charge in [-0.15, -0.1) is 0 Å². The number of aromatic nitrogens is 1. The molecular weight excluding hydrogens is 277 g/mol. The number of benzene rings is 1. The van der Waals surface area contributed by atoms with Gasteiger partial charge in [0.1, 0.15) is 17.4 Å². The van der Waals surface area contributed by atoms with Gasteiger partial charge in [-0.05, 0) is 30.7 Å². The van der Waals surface area contributed by atoms with Crippen LogP contribution in [-0.2, 0) is 0 Å². The average molecular weight is 291 g/mol. The van der Waals surface area contributed by atoms with Gasteiger partial charge < -0.3 is 10.1 Å². The summed E-state index contributed by atoms with van der Waals surface area (Å²) in [4.78, 5) is 14.5. The Balaban J connectivity index is 2.26. The van der Waals surface area contributed by atoms with Gasteiger partial charge in [0.05, 0.1) is 17.1 Å². The molecule has 110 valence electrons. The Kier molecular flexibility index (Phi) is 4.65. The quantitative estimate of drug-likeness (QED) is 0.648. The maximum absolute atomic E-state index is 12.8. The van der Waals surface area contributed by atoms with E-state index in [1.54, 1.807) is 0 Å². The molecule has 1 heterocycles. The number of nitrogens with zero attached hydrogens (tertiary/aromatic N) is 2. The van der Waals surface area contributed by atoms with Crippen LogP contribution in [0.25, 0.3) is 0 Å². The molecule has 1 aromatic heterocycles. The molecule has 1 aromatic carbocycles.